The van der Waals surface area contributed by atoms with Gasteiger partial charge < -0.3 is 15.8 Å². The van der Waals surface area contributed by atoms with Crippen molar-refractivity contribution in [1.29, 1.82) is 0 Å². The van der Waals surface area contributed by atoms with E-state index in [4.69, 9.17) is 10.5 Å². The van der Waals surface area contributed by atoms with Crippen LogP contribution >= 0.6 is 0 Å². The summed E-state index contributed by atoms with van der Waals surface area (Å²) in [6, 6.07) is 6.48. The SMILES string of the molecule is Cc1ccc(N)c(NC(C)CN2CCOCC2)c1. The number of morpholine rings is 1. The third kappa shape index (κ3) is 3.62. The molecule has 1 atom stereocenters. The molecule has 0 aromatic heterocycles. The fourth-order valence-electron chi connectivity index (χ4n) is 2.28. The quantitative estimate of drug-likeness (QED) is 0.798. The minimum atomic E-state index is 0.382. The second-order valence-electron chi connectivity index (χ2n) is 5.05. The number of anilines is 2. The maximum Gasteiger partial charge on any atom is 0.0594 e. The predicted molar refractivity (Wildman–Crippen MR) is 75.9 cm³/mol. The molecule has 1 heterocycles. The molecule has 4 nitrogen and oxygen atoms in total. The minimum Gasteiger partial charge on any atom is -0.397 e. The van der Waals surface area contributed by atoms with Gasteiger partial charge >= 0.3 is 0 Å². The van der Waals surface area contributed by atoms with Crippen LogP contribution < -0.4 is 11.1 Å². The number of ether oxygens (including phenoxy) is 1. The summed E-state index contributed by atoms with van der Waals surface area (Å²) in [6.07, 6.45) is 0. The number of benzene rings is 1. The maximum atomic E-state index is 5.97. The molecule has 18 heavy (non-hydrogen) atoms. The number of hydrogen-bond acceptors (Lipinski definition) is 4. The summed E-state index contributed by atoms with van der Waals surface area (Å²) in [4.78, 5) is 2.42. The lowest BCUT2D eigenvalue weighted by molar-refractivity contribution is 0.0368. The topological polar surface area (TPSA) is 50.5 Å². The Morgan fingerprint density at radius 1 is 1.39 bits per heavy atom. The number of nitrogens with zero attached hydrogens (tertiary/aromatic N) is 1. The molecule has 1 aromatic rings. The maximum absolute atomic E-state index is 5.97. The highest BCUT2D eigenvalue weighted by molar-refractivity contribution is 5.67. The average molecular weight is 249 g/mol. The highest BCUT2D eigenvalue weighted by Gasteiger charge is 2.14. The molecule has 100 valence electrons. The Labute approximate surface area is 109 Å². The molecule has 0 bridgehead atoms. The van der Waals surface area contributed by atoms with Crippen molar-refractivity contribution in [2.24, 2.45) is 0 Å². The number of nitrogens with one attached hydrogen (secondary N) is 1. The number of nitrogen functional groups attached to an aromatic ring is 1. The van der Waals surface area contributed by atoms with Crippen molar-refractivity contribution >= 4 is 11.4 Å². The summed E-state index contributed by atoms with van der Waals surface area (Å²) in [5.41, 5.74) is 9.05. The van der Waals surface area contributed by atoms with Gasteiger partial charge in [0.1, 0.15) is 0 Å². The normalized spacial score (nSPS) is 18.6. The summed E-state index contributed by atoms with van der Waals surface area (Å²) in [5, 5.41) is 3.49. The van der Waals surface area contributed by atoms with Gasteiger partial charge in [-0.2, -0.15) is 0 Å². The zero-order chi connectivity index (χ0) is 13.0. The fourth-order valence-corrected chi connectivity index (χ4v) is 2.28. The van der Waals surface area contributed by atoms with E-state index in [0.717, 1.165) is 44.2 Å². The lowest BCUT2D eigenvalue weighted by Crippen LogP contribution is -2.42. The van der Waals surface area contributed by atoms with Crippen LogP contribution in [0.3, 0.4) is 0 Å². The Morgan fingerprint density at radius 3 is 2.83 bits per heavy atom. The van der Waals surface area contributed by atoms with Gasteiger partial charge in [0.05, 0.1) is 24.6 Å². The van der Waals surface area contributed by atoms with Crippen molar-refractivity contribution in [1.82, 2.24) is 4.90 Å². The number of nitrogens with two attached hydrogens (primary N) is 1. The first-order chi connectivity index (χ1) is 8.65. The Kier molecular flexibility index (Phi) is 4.44. The predicted octanol–water partition coefficient (Wildman–Crippen LogP) is 1.71. The molecule has 3 N–H and O–H groups in total. The molecule has 0 saturated carbocycles. The first-order valence-corrected chi connectivity index (χ1v) is 6.58. The number of rotatable bonds is 4. The number of hydrogen-bond donors (Lipinski definition) is 2. The van der Waals surface area contributed by atoms with Crippen LogP contribution in [0.4, 0.5) is 11.4 Å². The van der Waals surface area contributed by atoms with Crippen molar-refractivity contribution in [3.63, 3.8) is 0 Å². The van der Waals surface area contributed by atoms with E-state index in [1.165, 1.54) is 5.56 Å². The first kappa shape index (κ1) is 13.2. The van der Waals surface area contributed by atoms with E-state index in [1.807, 2.05) is 12.1 Å². The lowest BCUT2D eigenvalue weighted by Gasteiger charge is -2.30. The van der Waals surface area contributed by atoms with Gasteiger partial charge in [-0.25, -0.2) is 0 Å². The van der Waals surface area contributed by atoms with Gasteiger partial charge in [-0.1, -0.05) is 6.07 Å². The van der Waals surface area contributed by atoms with Crippen LogP contribution in [0.25, 0.3) is 0 Å². The Hall–Kier alpha value is -1.26. The van der Waals surface area contributed by atoms with E-state index in [9.17, 15) is 0 Å². The van der Waals surface area contributed by atoms with E-state index in [0.29, 0.717) is 6.04 Å². The Morgan fingerprint density at radius 2 is 2.11 bits per heavy atom. The van der Waals surface area contributed by atoms with Gasteiger partial charge in [-0.3, -0.25) is 4.90 Å². The lowest BCUT2D eigenvalue weighted by atomic mass is 10.1. The van der Waals surface area contributed by atoms with Crippen LogP contribution in [0.2, 0.25) is 0 Å². The molecule has 1 saturated heterocycles. The third-order valence-corrected chi connectivity index (χ3v) is 3.25. The molecule has 0 spiro atoms. The molecular formula is C14H23N3O. The second kappa shape index (κ2) is 6.07. The van der Waals surface area contributed by atoms with Gasteiger partial charge in [0.15, 0.2) is 0 Å². The summed E-state index contributed by atoms with van der Waals surface area (Å²) in [5.74, 6) is 0. The molecule has 1 unspecified atom stereocenters. The van der Waals surface area contributed by atoms with E-state index in [-0.39, 0.29) is 0 Å². The first-order valence-electron chi connectivity index (χ1n) is 6.58. The minimum absolute atomic E-state index is 0.382. The monoisotopic (exact) mass is 249 g/mol. The van der Waals surface area contributed by atoms with Crippen LogP contribution in [0.1, 0.15) is 12.5 Å². The smallest absolute Gasteiger partial charge is 0.0594 e. The van der Waals surface area contributed by atoms with Gasteiger partial charge in [0, 0.05) is 25.7 Å². The van der Waals surface area contributed by atoms with Crippen molar-refractivity contribution < 1.29 is 4.74 Å². The van der Waals surface area contributed by atoms with E-state index in [2.05, 4.69) is 30.1 Å². The van der Waals surface area contributed by atoms with Crippen LogP contribution in [0, 0.1) is 6.92 Å². The van der Waals surface area contributed by atoms with Crippen molar-refractivity contribution in [3.8, 4) is 0 Å². The standard InChI is InChI=1S/C14H23N3O/c1-11-3-4-13(15)14(9-11)16-12(2)10-17-5-7-18-8-6-17/h3-4,9,12,16H,5-8,10,15H2,1-2H3. The van der Waals surface area contributed by atoms with Crippen LogP contribution in [-0.2, 0) is 4.74 Å². The van der Waals surface area contributed by atoms with E-state index in [1.54, 1.807) is 0 Å². The van der Waals surface area contributed by atoms with Crippen LogP contribution in [0.5, 0.6) is 0 Å². The van der Waals surface area contributed by atoms with E-state index < -0.39 is 0 Å². The largest absolute Gasteiger partial charge is 0.397 e. The van der Waals surface area contributed by atoms with Crippen molar-refractivity contribution in [3.05, 3.63) is 23.8 Å². The summed E-state index contributed by atoms with van der Waals surface area (Å²) >= 11 is 0. The van der Waals surface area contributed by atoms with Crippen molar-refractivity contribution in [2.45, 2.75) is 19.9 Å². The van der Waals surface area contributed by atoms with Gasteiger partial charge in [-0.15, -0.1) is 0 Å². The molecule has 0 amide bonds. The van der Waals surface area contributed by atoms with Gasteiger partial charge in [-0.05, 0) is 31.5 Å². The molecular weight excluding hydrogens is 226 g/mol. The Balaban J connectivity index is 1.89. The Bertz CT molecular complexity index is 389. The third-order valence-electron chi connectivity index (χ3n) is 3.25. The van der Waals surface area contributed by atoms with Crippen molar-refractivity contribution in [2.75, 3.05) is 43.9 Å². The zero-order valence-electron chi connectivity index (χ0n) is 11.3. The highest BCUT2D eigenvalue weighted by atomic mass is 16.5. The van der Waals surface area contributed by atoms with Gasteiger partial charge in [0.2, 0.25) is 0 Å². The molecule has 1 fully saturated rings. The summed E-state index contributed by atoms with van der Waals surface area (Å²) < 4.78 is 5.35. The fraction of sp³-hybridized carbons (Fsp3) is 0.571. The second-order valence-corrected chi connectivity index (χ2v) is 5.05. The summed E-state index contributed by atoms with van der Waals surface area (Å²) in [7, 11) is 0. The molecule has 1 aromatic carbocycles. The van der Waals surface area contributed by atoms with E-state index >= 15 is 0 Å². The summed E-state index contributed by atoms with van der Waals surface area (Å²) in [6.45, 7) is 9.04. The zero-order valence-corrected chi connectivity index (χ0v) is 11.3. The molecule has 0 radical (unpaired) electrons. The molecule has 0 aliphatic carbocycles. The number of aryl methyl sites for hydroxylation is 1. The molecule has 2 rings (SSSR count). The van der Waals surface area contributed by atoms with Gasteiger partial charge in [0.25, 0.3) is 0 Å². The van der Waals surface area contributed by atoms with Crippen LogP contribution in [0.15, 0.2) is 18.2 Å². The molecule has 1 aliphatic heterocycles. The highest BCUT2D eigenvalue weighted by Crippen LogP contribution is 2.20. The van der Waals surface area contributed by atoms with Crippen LogP contribution in [-0.4, -0.2) is 43.8 Å². The molecule has 1 aliphatic rings. The average Bonchev–Trinajstić information content (AvgIpc) is 2.35. The molecule has 4 heteroatoms.